The highest BCUT2D eigenvalue weighted by Crippen LogP contribution is 2.25. The fourth-order valence-electron chi connectivity index (χ4n) is 1.18. The number of anilines is 1. The lowest BCUT2D eigenvalue weighted by Crippen LogP contribution is -2.01. The van der Waals surface area contributed by atoms with Crippen LogP contribution in [0.25, 0.3) is 0 Å². The van der Waals surface area contributed by atoms with Crippen molar-refractivity contribution in [2.45, 2.75) is 6.61 Å². The fourth-order valence-corrected chi connectivity index (χ4v) is 1.41. The first-order chi connectivity index (χ1) is 8.15. The number of nitrogens with two attached hydrogens (primary N) is 1. The number of benzene rings is 1. The average Bonchev–Trinajstić information content (AvgIpc) is 2.30. The zero-order valence-corrected chi connectivity index (χ0v) is 9.49. The van der Waals surface area contributed by atoms with Crippen molar-refractivity contribution in [2.75, 3.05) is 5.73 Å². The number of nitrogen functional groups attached to an aromatic ring is 1. The third-order valence-corrected chi connectivity index (χ3v) is 2.29. The third-order valence-electron chi connectivity index (χ3n) is 1.99. The smallest absolute Gasteiger partial charge is 0.141 e. The summed E-state index contributed by atoms with van der Waals surface area (Å²) in [6.07, 6.45) is 2.94. The van der Waals surface area contributed by atoms with E-state index in [0.717, 1.165) is 0 Å². The monoisotopic (exact) mass is 253 g/mol. The molecule has 88 valence electrons. The van der Waals surface area contributed by atoms with Crippen LogP contribution in [-0.2, 0) is 6.61 Å². The van der Waals surface area contributed by atoms with E-state index in [0.29, 0.717) is 17.3 Å². The predicted molar refractivity (Wildman–Crippen MR) is 62.2 cm³/mol. The Balaban J connectivity index is 2.04. The van der Waals surface area contributed by atoms with E-state index in [2.05, 4.69) is 9.97 Å². The second-order valence-corrected chi connectivity index (χ2v) is 3.70. The lowest BCUT2D eigenvalue weighted by Gasteiger charge is -2.07. The standard InChI is InChI=1S/C11H9ClFN3O/c12-9-3-7(13)1-2-10(9)17-6-8-4-16-11(14)5-15-8/h1-5H,6H2,(H2,14,16). The first-order valence-corrected chi connectivity index (χ1v) is 5.17. The van der Waals surface area contributed by atoms with Gasteiger partial charge in [-0.25, -0.2) is 9.37 Å². The van der Waals surface area contributed by atoms with Crippen LogP contribution in [0, 0.1) is 5.82 Å². The van der Waals surface area contributed by atoms with Gasteiger partial charge in [0.15, 0.2) is 0 Å². The van der Waals surface area contributed by atoms with Gasteiger partial charge in [-0.2, -0.15) is 0 Å². The molecule has 1 heterocycles. The van der Waals surface area contributed by atoms with Gasteiger partial charge in [0.05, 0.1) is 23.1 Å². The minimum atomic E-state index is -0.408. The summed E-state index contributed by atoms with van der Waals surface area (Å²) >= 11 is 5.80. The molecule has 0 aliphatic rings. The SMILES string of the molecule is Nc1cnc(COc2ccc(F)cc2Cl)cn1. The molecule has 17 heavy (non-hydrogen) atoms. The van der Waals surface area contributed by atoms with E-state index < -0.39 is 5.82 Å². The zero-order valence-electron chi connectivity index (χ0n) is 8.73. The fraction of sp³-hybridized carbons (Fsp3) is 0.0909. The lowest BCUT2D eigenvalue weighted by molar-refractivity contribution is 0.300. The van der Waals surface area contributed by atoms with Crippen molar-refractivity contribution in [1.82, 2.24) is 9.97 Å². The Morgan fingerprint density at radius 2 is 2.12 bits per heavy atom. The minimum absolute atomic E-state index is 0.193. The number of aromatic nitrogens is 2. The van der Waals surface area contributed by atoms with Gasteiger partial charge in [0.1, 0.15) is 24.0 Å². The number of halogens is 2. The first kappa shape index (κ1) is 11.6. The van der Waals surface area contributed by atoms with Crippen LogP contribution in [0.15, 0.2) is 30.6 Å². The molecule has 1 aromatic heterocycles. The molecule has 0 saturated carbocycles. The summed E-state index contributed by atoms with van der Waals surface area (Å²) in [6, 6.07) is 3.92. The van der Waals surface area contributed by atoms with Gasteiger partial charge in [-0.3, -0.25) is 4.98 Å². The molecule has 2 N–H and O–H groups in total. The van der Waals surface area contributed by atoms with Crippen molar-refractivity contribution >= 4 is 17.4 Å². The van der Waals surface area contributed by atoms with Crippen LogP contribution >= 0.6 is 11.6 Å². The highest BCUT2D eigenvalue weighted by Gasteiger charge is 2.04. The van der Waals surface area contributed by atoms with Gasteiger partial charge in [0, 0.05) is 0 Å². The Bertz CT molecular complexity index is 519. The maximum Gasteiger partial charge on any atom is 0.141 e. The minimum Gasteiger partial charge on any atom is -0.486 e. The Labute approximate surface area is 102 Å². The molecule has 0 radical (unpaired) electrons. The van der Waals surface area contributed by atoms with Crippen molar-refractivity contribution in [1.29, 1.82) is 0 Å². The second-order valence-electron chi connectivity index (χ2n) is 3.30. The van der Waals surface area contributed by atoms with E-state index in [9.17, 15) is 4.39 Å². The maximum absolute atomic E-state index is 12.8. The van der Waals surface area contributed by atoms with Crippen LogP contribution in [0.1, 0.15) is 5.69 Å². The summed E-state index contributed by atoms with van der Waals surface area (Å²) < 4.78 is 18.2. The van der Waals surface area contributed by atoms with Crippen molar-refractivity contribution in [2.24, 2.45) is 0 Å². The molecular formula is C11H9ClFN3O. The van der Waals surface area contributed by atoms with Crippen molar-refractivity contribution in [3.63, 3.8) is 0 Å². The Kier molecular flexibility index (Phi) is 3.39. The van der Waals surface area contributed by atoms with Crippen molar-refractivity contribution in [3.8, 4) is 5.75 Å². The molecule has 1 aromatic carbocycles. The van der Waals surface area contributed by atoms with E-state index in [1.807, 2.05) is 0 Å². The molecule has 0 aliphatic heterocycles. The first-order valence-electron chi connectivity index (χ1n) is 4.79. The second kappa shape index (κ2) is 4.97. The van der Waals surface area contributed by atoms with E-state index >= 15 is 0 Å². The molecule has 2 rings (SSSR count). The summed E-state index contributed by atoms with van der Waals surface area (Å²) in [5.74, 6) is 0.329. The topological polar surface area (TPSA) is 61.0 Å². The van der Waals surface area contributed by atoms with Gasteiger partial charge in [0.2, 0.25) is 0 Å². The Hall–Kier alpha value is -1.88. The molecule has 0 saturated heterocycles. The third kappa shape index (κ3) is 3.04. The van der Waals surface area contributed by atoms with Crippen LogP contribution < -0.4 is 10.5 Å². The van der Waals surface area contributed by atoms with Crippen LogP contribution in [-0.4, -0.2) is 9.97 Å². The molecule has 0 aliphatic carbocycles. The summed E-state index contributed by atoms with van der Waals surface area (Å²) in [5.41, 5.74) is 6.01. The molecule has 2 aromatic rings. The number of ether oxygens (including phenoxy) is 1. The molecule has 0 atom stereocenters. The van der Waals surface area contributed by atoms with Gasteiger partial charge in [-0.05, 0) is 18.2 Å². The summed E-state index contributed by atoms with van der Waals surface area (Å²) in [6.45, 7) is 0.193. The Morgan fingerprint density at radius 3 is 2.76 bits per heavy atom. The van der Waals surface area contributed by atoms with Crippen LogP contribution in [0.2, 0.25) is 5.02 Å². The highest BCUT2D eigenvalue weighted by atomic mass is 35.5. The summed E-state index contributed by atoms with van der Waals surface area (Å²) in [7, 11) is 0. The van der Waals surface area contributed by atoms with E-state index in [-0.39, 0.29) is 11.6 Å². The molecule has 0 amide bonds. The van der Waals surface area contributed by atoms with Gasteiger partial charge in [-0.1, -0.05) is 11.6 Å². The lowest BCUT2D eigenvalue weighted by atomic mass is 10.3. The number of nitrogens with zero attached hydrogens (tertiary/aromatic N) is 2. The number of hydrogen-bond donors (Lipinski definition) is 1. The van der Waals surface area contributed by atoms with Gasteiger partial charge in [-0.15, -0.1) is 0 Å². The molecule has 0 bridgehead atoms. The normalized spacial score (nSPS) is 10.2. The maximum atomic E-state index is 12.8. The van der Waals surface area contributed by atoms with E-state index in [1.54, 1.807) is 0 Å². The average molecular weight is 254 g/mol. The van der Waals surface area contributed by atoms with Crippen LogP contribution in [0.3, 0.4) is 0 Å². The highest BCUT2D eigenvalue weighted by molar-refractivity contribution is 6.32. The molecule has 4 nitrogen and oxygen atoms in total. The number of hydrogen-bond acceptors (Lipinski definition) is 4. The van der Waals surface area contributed by atoms with E-state index in [4.69, 9.17) is 22.1 Å². The molecule has 0 unspecified atom stereocenters. The van der Waals surface area contributed by atoms with Crippen LogP contribution in [0.4, 0.5) is 10.2 Å². The number of rotatable bonds is 3. The molecule has 0 fully saturated rings. The molecule has 0 spiro atoms. The molecule has 6 heteroatoms. The Morgan fingerprint density at radius 1 is 1.29 bits per heavy atom. The molecular weight excluding hydrogens is 245 g/mol. The van der Waals surface area contributed by atoms with Gasteiger partial charge < -0.3 is 10.5 Å². The van der Waals surface area contributed by atoms with Gasteiger partial charge >= 0.3 is 0 Å². The van der Waals surface area contributed by atoms with Gasteiger partial charge in [0.25, 0.3) is 0 Å². The van der Waals surface area contributed by atoms with Crippen LogP contribution in [0.5, 0.6) is 5.75 Å². The van der Waals surface area contributed by atoms with Crippen molar-refractivity contribution in [3.05, 3.63) is 47.1 Å². The predicted octanol–water partition coefficient (Wildman–Crippen LogP) is 2.43. The zero-order chi connectivity index (χ0) is 12.3. The summed E-state index contributed by atoms with van der Waals surface area (Å²) in [5, 5.41) is 0.216. The summed E-state index contributed by atoms with van der Waals surface area (Å²) in [4.78, 5) is 7.88. The quantitative estimate of drug-likeness (QED) is 0.913. The largest absolute Gasteiger partial charge is 0.486 e. The van der Waals surface area contributed by atoms with E-state index in [1.165, 1.54) is 30.6 Å². The van der Waals surface area contributed by atoms with Crippen molar-refractivity contribution < 1.29 is 9.13 Å².